The molecule has 1 atom stereocenters. The number of hydrogen-bond acceptors (Lipinski definition) is 6. The number of hydrogen-bond donors (Lipinski definition) is 1. The Morgan fingerprint density at radius 2 is 2.13 bits per heavy atom. The van der Waals surface area contributed by atoms with Crippen molar-refractivity contribution >= 4 is 17.7 Å². The first-order chi connectivity index (χ1) is 14.3. The van der Waals surface area contributed by atoms with Gasteiger partial charge in [-0.1, -0.05) is 49.4 Å². The second kappa shape index (κ2) is 9.18. The summed E-state index contributed by atoms with van der Waals surface area (Å²) in [7, 11) is 0. The van der Waals surface area contributed by atoms with Gasteiger partial charge in [0.15, 0.2) is 11.0 Å². The lowest BCUT2D eigenvalue weighted by atomic mass is 9.90. The number of benzene rings is 1. The van der Waals surface area contributed by atoms with E-state index in [1.54, 1.807) is 13.2 Å². The lowest BCUT2D eigenvalue weighted by Gasteiger charge is -2.27. The number of carbonyl (C=O) groups is 1. The van der Waals surface area contributed by atoms with Gasteiger partial charge in [-0.05, 0) is 38.0 Å². The van der Waals surface area contributed by atoms with Gasteiger partial charge in [0, 0.05) is 5.56 Å². The van der Waals surface area contributed by atoms with Crippen LogP contribution in [0.4, 0.5) is 0 Å². The van der Waals surface area contributed by atoms with Crippen molar-refractivity contribution < 1.29 is 9.21 Å². The van der Waals surface area contributed by atoms with Crippen LogP contribution in [0.3, 0.4) is 0 Å². The highest BCUT2D eigenvalue weighted by molar-refractivity contribution is 7.99. The van der Waals surface area contributed by atoms with E-state index in [0.29, 0.717) is 17.5 Å². The molecule has 8 heteroatoms. The number of nitrogens with zero attached hydrogens (tertiary/aromatic N) is 4. The van der Waals surface area contributed by atoms with Crippen LogP contribution < -0.4 is 5.32 Å². The zero-order valence-corrected chi connectivity index (χ0v) is 18.4. The molecule has 1 amide bonds. The summed E-state index contributed by atoms with van der Waals surface area (Å²) in [4.78, 5) is 12.5. The van der Waals surface area contributed by atoms with Crippen molar-refractivity contribution in [3.63, 3.8) is 0 Å². The first kappa shape index (κ1) is 21.7. The van der Waals surface area contributed by atoms with E-state index >= 15 is 0 Å². The summed E-state index contributed by atoms with van der Waals surface area (Å²) in [5.74, 6) is 1.39. The summed E-state index contributed by atoms with van der Waals surface area (Å²) in [6.07, 6.45) is 1.63. The standard InChI is InChI=1S/C22H25N5O2S/c1-15(2)22(4,14-23)24-19(28)13-30-21-26-25-20(17-8-5-7-16(3)11-17)27(21)12-18-9-6-10-29-18/h5-11,15H,12-13H2,1-4H3,(H,24,28)/t22-/m1/s1. The van der Waals surface area contributed by atoms with Crippen LogP contribution in [0.5, 0.6) is 0 Å². The highest BCUT2D eigenvalue weighted by atomic mass is 32.2. The van der Waals surface area contributed by atoms with Crippen LogP contribution in [0.2, 0.25) is 0 Å². The van der Waals surface area contributed by atoms with E-state index in [1.165, 1.54) is 11.8 Å². The number of rotatable bonds is 8. The average Bonchev–Trinajstić information content (AvgIpc) is 3.36. The number of nitrogens with one attached hydrogen (secondary N) is 1. The van der Waals surface area contributed by atoms with Crippen molar-refractivity contribution in [2.24, 2.45) is 5.92 Å². The molecule has 7 nitrogen and oxygen atoms in total. The van der Waals surface area contributed by atoms with Gasteiger partial charge in [0.1, 0.15) is 11.3 Å². The molecule has 0 aliphatic heterocycles. The van der Waals surface area contributed by atoms with Crippen molar-refractivity contribution in [2.75, 3.05) is 5.75 Å². The molecule has 0 radical (unpaired) electrons. The smallest absolute Gasteiger partial charge is 0.231 e. The van der Waals surface area contributed by atoms with Crippen LogP contribution in [0.25, 0.3) is 11.4 Å². The summed E-state index contributed by atoms with van der Waals surface area (Å²) in [6, 6.07) is 14.0. The van der Waals surface area contributed by atoms with Crippen LogP contribution in [0.15, 0.2) is 52.2 Å². The second-order valence-electron chi connectivity index (χ2n) is 7.65. The van der Waals surface area contributed by atoms with E-state index in [2.05, 4.69) is 21.6 Å². The Bertz CT molecular complexity index is 1050. The van der Waals surface area contributed by atoms with Gasteiger partial charge < -0.3 is 9.73 Å². The van der Waals surface area contributed by atoms with E-state index in [9.17, 15) is 10.1 Å². The Labute approximate surface area is 180 Å². The first-order valence-corrected chi connectivity index (χ1v) is 10.7. The van der Waals surface area contributed by atoms with Gasteiger partial charge in [0.2, 0.25) is 5.91 Å². The molecule has 30 heavy (non-hydrogen) atoms. The minimum absolute atomic E-state index is 0.00743. The molecule has 0 saturated heterocycles. The maximum atomic E-state index is 12.5. The number of carbonyl (C=O) groups excluding carboxylic acids is 1. The lowest BCUT2D eigenvalue weighted by Crippen LogP contribution is -2.49. The zero-order chi connectivity index (χ0) is 21.7. The first-order valence-electron chi connectivity index (χ1n) is 9.70. The summed E-state index contributed by atoms with van der Waals surface area (Å²) in [5, 5.41) is 21.5. The van der Waals surface area contributed by atoms with E-state index in [-0.39, 0.29) is 17.6 Å². The molecule has 0 spiro atoms. The molecule has 0 unspecified atom stereocenters. The molecule has 3 aromatic rings. The number of aromatic nitrogens is 3. The van der Waals surface area contributed by atoms with Gasteiger partial charge >= 0.3 is 0 Å². The SMILES string of the molecule is Cc1cccc(-c2nnc(SCC(=O)N[C@](C)(C#N)C(C)C)n2Cc2ccco2)c1. The lowest BCUT2D eigenvalue weighted by molar-refractivity contribution is -0.120. The fourth-order valence-corrected chi connectivity index (χ4v) is 3.59. The molecule has 0 saturated carbocycles. The maximum absolute atomic E-state index is 12.5. The van der Waals surface area contributed by atoms with Crippen LogP contribution >= 0.6 is 11.8 Å². The number of thioether (sulfide) groups is 1. The Balaban J connectivity index is 1.82. The highest BCUT2D eigenvalue weighted by Gasteiger charge is 2.30. The Morgan fingerprint density at radius 1 is 1.33 bits per heavy atom. The molecule has 2 heterocycles. The molecule has 0 fully saturated rings. The number of furan rings is 1. The maximum Gasteiger partial charge on any atom is 0.231 e. The molecular formula is C22H25N5O2S. The third kappa shape index (κ3) is 4.92. The largest absolute Gasteiger partial charge is 0.467 e. The summed E-state index contributed by atoms with van der Waals surface area (Å²) in [5.41, 5.74) is 1.16. The van der Waals surface area contributed by atoms with Gasteiger partial charge in [-0.15, -0.1) is 10.2 Å². The van der Waals surface area contributed by atoms with Crippen molar-refractivity contribution in [2.45, 2.75) is 44.9 Å². The van der Waals surface area contributed by atoms with Gasteiger partial charge in [-0.25, -0.2) is 0 Å². The van der Waals surface area contributed by atoms with E-state index in [4.69, 9.17) is 4.42 Å². The van der Waals surface area contributed by atoms with E-state index < -0.39 is 5.54 Å². The molecule has 0 aliphatic rings. The van der Waals surface area contributed by atoms with Gasteiger partial charge in [0.05, 0.1) is 24.6 Å². The normalized spacial score (nSPS) is 13.1. The minimum Gasteiger partial charge on any atom is -0.467 e. The van der Waals surface area contributed by atoms with Crippen LogP contribution in [0.1, 0.15) is 32.1 Å². The highest BCUT2D eigenvalue weighted by Crippen LogP contribution is 2.26. The molecular weight excluding hydrogens is 398 g/mol. The molecule has 0 aliphatic carbocycles. The Hall–Kier alpha value is -3.05. The third-order valence-electron chi connectivity index (χ3n) is 5.01. The van der Waals surface area contributed by atoms with Crippen LogP contribution in [-0.4, -0.2) is 32.0 Å². The topological polar surface area (TPSA) is 96.7 Å². The summed E-state index contributed by atoms with van der Waals surface area (Å²) in [6.45, 7) is 8.03. The summed E-state index contributed by atoms with van der Waals surface area (Å²) >= 11 is 1.29. The predicted octanol–water partition coefficient (Wildman–Crippen LogP) is 4.04. The van der Waals surface area contributed by atoms with E-state index in [0.717, 1.165) is 16.9 Å². The molecule has 0 bridgehead atoms. The molecule has 1 aromatic carbocycles. The van der Waals surface area contributed by atoms with Crippen molar-refractivity contribution in [3.05, 3.63) is 54.0 Å². The molecule has 156 valence electrons. The van der Waals surface area contributed by atoms with E-state index in [1.807, 2.05) is 61.7 Å². The third-order valence-corrected chi connectivity index (χ3v) is 5.97. The number of amides is 1. The molecule has 2 aromatic heterocycles. The molecule has 3 rings (SSSR count). The predicted molar refractivity (Wildman–Crippen MR) is 116 cm³/mol. The van der Waals surface area contributed by atoms with Gasteiger partial charge in [-0.3, -0.25) is 9.36 Å². The van der Waals surface area contributed by atoms with Gasteiger partial charge in [0.25, 0.3) is 0 Å². The van der Waals surface area contributed by atoms with Crippen molar-refractivity contribution in [1.82, 2.24) is 20.1 Å². The molecule has 1 N–H and O–H groups in total. The van der Waals surface area contributed by atoms with Crippen LogP contribution in [-0.2, 0) is 11.3 Å². The minimum atomic E-state index is -0.911. The fraction of sp³-hybridized carbons (Fsp3) is 0.364. The van der Waals surface area contributed by atoms with Crippen LogP contribution in [0, 0.1) is 24.2 Å². The second-order valence-corrected chi connectivity index (χ2v) is 8.59. The van der Waals surface area contributed by atoms with Crippen molar-refractivity contribution in [1.29, 1.82) is 5.26 Å². The van der Waals surface area contributed by atoms with Gasteiger partial charge in [-0.2, -0.15) is 5.26 Å². The fourth-order valence-electron chi connectivity index (χ4n) is 2.85. The number of aryl methyl sites for hydroxylation is 1. The average molecular weight is 424 g/mol. The Morgan fingerprint density at radius 3 is 2.77 bits per heavy atom. The number of nitriles is 1. The quantitative estimate of drug-likeness (QED) is 0.549. The van der Waals surface area contributed by atoms with Crippen molar-refractivity contribution in [3.8, 4) is 17.5 Å². The zero-order valence-electron chi connectivity index (χ0n) is 17.5. The monoisotopic (exact) mass is 423 g/mol. The summed E-state index contributed by atoms with van der Waals surface area (Å²) < 4.78 is 7.45. The Kier molecular flexibility index (Phi) is 6.63.